The monoisotopic (exact) mass is 391 g/mol. The van der Waals surface area contributed by atoms with Crippen LogP contribution in [0.5, 0.6) is 0 Å². The lowest BCUT2D eigenvalue weighted by molar-refractivity contribution is 0.241. The van der Waals surface area contributed by atoms with E-state index in [0.717, 1.165) is 50.0 Å². The highest BCUT2D eigenvalue weighted by Crippen LogP contribution is 2.50. The Morgan fingerprint density at radius 3 is 2.93 bits per heavy atom. The van der Waals surface area contributed by atoms with E-state index in [1.165, 1.54) is 18.4 Å². The Morgan fingerprint density at radius 2 is 2.10 bits per heavy atom. The van der Waals surface area contributed by atoms with E-state index in [-0.39, 0.29) is 5.41 Å². The minimum atomic E-state index is 0.0111. The van der Waals surface area contributed by atoms with Gasteiger partial charge in [0.2, 0.25) is 5.89 Å². The van der Waals surface area contributed by atoms with Crippen LogP contribution in [0.3, 0.4) is 0 Å². The van der Waals surface area contributed by atoms with Crippen molar-refractivity contribution in [3.63, 3.8) is 0 Å². The average molecular weight is 392 g/mol. The lowest BCUT2D eigenvalue weighted by atomic mass is 9.80. The van der Waals surface area contributed by atoms with E-state index >= 15 is 0 Å². The molecule has 6 nitrogen and oxygen atoms in total. The van der Waals surface area contributed by atoms with Gasteiger partial charge in [0.1, 0.15) is 5.82 Å². The number of fused-ring (bicyclic) bond motifs is 1. The van der Waals surface area contributed by atoms with Gasteiger partial charge in [0.15, 0.2) is 5.82 Å². The van der Waals surface area contributed by atoms with Crippen LogP contribution in [-0.4, -0.2) is 37.7 Å². The van der Waals surface area contributed by atoms with Crippen molar-refractivity contribution in [2.75, 3.05) is 13.1 Å². The van der Waals surface area contributed by atoms with Gasteiger partial charge >= 0.3 is 0 Å². The first kappa shape index (κ1) is 18.6. The molecule has 0 spiro atoms. The predicted octanol–water partition coefficient (Wildman–Crippen LogP) is 3.99. The van der Waals surface area contributed by atoms with Gasteiger partial charge in [-0.2, -0.15) is 4.98 Å². The molecule has 0 unspecified atom stereocenters. The third-order valence-electron chi connectivity index (χ3n) is 6.71. The summed E-state index contributed by atoms with van der Waals surface area (Å²) in [6.45, 7) is 7.36. The first-order chi connectivity index (χ1) is 14.1. The molecule has 1 aliphatic carbocycles. The number of imidazole rings is 1. The molecule has 1 aliphatic heterocycles. The maximum absolute atomic E-state index is 5.86. The average Bonchev–Trinajstić information content (AvgIpc) is 3.46. The zero-order chi connectivity index (χ0) is 19.8. The zero-order valence-electron chi connectivity index (χ0n) is 17.3. The minimum Gasteiger partial charge on any atom is -0.339 e. The van der Waals surface area contributed by atoms with E-state index in [4.69, 9.17) is 9.51 Å². The van der Waals surface area contributed by atoms with Crippen molar-refractivity contribution in [1.29, 1.82) is 0 Å². The summed E-state index contributed by atoms with van der Waals surface area (Å²) >= 11 is 0. The minimum absolute atomic E-state index is 0.0111. The molecule has 0 amide bonds. The van der Waals surface area contributed by atoms with Gasteiger partial charge in [-0.25, -0.2) is 4.98 Å². The van der Waals surface area contributed by atoms with E-state index in [9.17, 15) is 0 Å². The summed E-state index contributed by atoms with van der Waals surface area (Å²) in [5, 5.41) is 4.33. The van der Waals surface area contributed by atoms with Gasteiger partial charge < -0.3 is 9.09 Å². The Bertz CT molecular complexity index is 963. The van der Waals surface area contributed by atoms with Crippen LogP contribution in [-0.2, 0) is 18.4 Å². The summed E-state index contributed by atoms with van der Waals surface area (Å²) in [5.74, 6) is 3.38. The topological polar surface area (TPSA) is 60.0 Å². The van der Waals surface area contributed by atoms with Gasteiger partial charge in [-0.3, -0.25) is 4.90 Å². The molecular formula is C23H29N5O. The second-order valence-electron chi connectivity index (χ2n) is 8.94. The van der Waals surface area contributed by atoms with E-state index < -0.39 is 0 Å². The highest BCUT2D eigenvalue weighted by molar-refractivity contribution is 5.21. The molecular weight excluding hydrogens is 362 g/mol. The number of hydrogen-bond donors (Lipinski definition) is 0. The number of benzene rings is 1. The first-order valence-corrected chi connectivity index (χ1v) is 10.7. The largest absolute Gasteiger partial charge is 0.339 e. The van der Waals surface area contributed by atoms with Crippen LogP contribution < -0.4 is 0 Å². The molecule has 2 aliphatic rings. The fourth-order valence-electron chi connectivity index (χ4n) is 5.31. The van der Waals surface area contributed by atoms with Gasteiger partial charge in [0, 0.05) is 37.9 Å². The van der Waals surface area contributed by atoms with E-state index in [0.29, 0.717) is 12.0 Å². The van der Waals surface area contributed by atoms with Crippen molar-refractivity contribution in [3.05, 3.63) is 65.8 Å². The van der Waals surface area contributed by atoms with Gasteiger partial charge in [-0.15, -0.1) is 0 Å². The molecule has 2 fully saturated rings. The molecule has 1 aromatic carbocycles. The standard InChI is InChI=1S/C23H29N5O/c1-17(2)28-12-11-24-21(28)15-27-14-19-9-6-10-23(19,16-27)22-25-20(26-29-22)13-18-7-4-3-5-8-18/h3-5,7-8,11-12,17,19H,6,9-10,13-16H2,1-2H3/t19-,23-/m1/s1. The number of hydrogen-bond acceptors (Lipinski definition) is 5. The Morgan fingerprint density at radius 1 is 1.24 bits per heavy atom. The zero-order valence-corrected chi connectivity index (χ0v) is 17.3. The summed E-state index contributed by atoms with van der Waals surface area (Å²) < 4.78 is 8.13. The molecule has 5 rings (SSSR count). The lowest BCUT2D eigenvalue weighted by Crippen LogP contribution is -2.32. The number of nitrogens with zero attached hydrogens (tertiary/aromatic N) is 5. The molecule has 0 bridgehead atoms. The SMILES string of the molecule is CC(C)n1ccnc1CN1C[C@H]2CCC[C@@]2(c2nc(Cc3ccccc3)no2)C1. The molecule has 2 aromatic heterocycles. The van der Waals surface area contributed by atoms with Crippen LogP contribution in [0.25, 0.3) is 0 Å². The first-order valence-electron chi connectivity index (χ1n) is 10.7. The molecule has 3 aromatic rings. The third-order valence-corrected chi connectivity index (χ3v) is 6.71. The van der Waals surface area contributed by atoms with Gasteiger partial charge in [-0.05, 0) is 38.2 Å². The molecule has 0 radical (unpaired) electrons. The summed E-state index contributed by atoms with van der Waals surface area (Å²) in [7, 11) is 0. The quantitative estimate of drug-likeness (QED) is 0.636. The Balaban J connectivity index is 1.35. The van der Waals surface area contributed by atoms with Gasteiger partial charge in [-0.1, -0.05) is 41.9 Å². The third kappa shape index (κ3) is 3.39. The highest BCUT2D eigenvalue weighted by Gasteiger charge is 2.54. The summed E-state index contributed by atoms with van der Waals surface area (Å²) in [6, 6.07) is 10.8. The maximum atomic E-state index is 5.86. The second kappa shape index (κ2) is 7.41. The number of rotatable bonds is 6. The number of likely N-dealkylation sites (tertiary alicyclic amines) is 1. The second-order valence-corrected chi connectivity index (χ2v) is 8.94. The van der Waals surface area contributed by atoms with E-state index in [1.807, 2.05) is 12.3 Å². The Hall–Kier alpha value is -2.47. The van der Waals surface area contributed by atoms with Crippen molar-refractivity contribution in [2.24, 2.45) is 5.92 Å². The van der Waals surface area contributed by atoms with Crippen molar-refractivity contribution in [3.8, 4) is 0 Å². The molecule has 29 heavy (non-hydrogen) atoms. The van der Waals surface area contributed by atoms with Crippen LogP contribution in [0, 0.1) is 5.92 Å². The Kier molecular flexibility index (Phi) is 4.74. The molecule has 1 saturated heterocycles. The van der Waals surface area contributed by atoms with Crippen molar-refractivity contribution >= 4 is 0 Å². The summed E-state index contributed by atoms with van der Waals surface area (Å²) in [4.78, 5) is 12.0. The summed E-state index contributed by atoms with van der Waals surface area (Å²) in [6.07, 6.45) is 8.35. The van der Waals surface area contributed by atoms with E-state index in [1.54, 1.807) is 0 Å². The Labute approximate surface area is 171 Å². The van der Waals surface area contributed by atoms with Crippen LogP contribution in [0.2, 0.25) is 0 Å². The van der Waals surface area contributed by atoms with Gasteiger partial charge in [0.05, 0.1) is 12.0 Å². The molecule has 0 N–H and O–H groups in total. The molecule has 3 heterocycles. The van der Waals surface area contributed by atoms with Crippen LogP contribution >= 0.6 is 0 Å². The van der Waals surface area contributed by atoms with Crippen molar-refractivity contribution in [2.45, 2.75) is 57.5 Å². The maximum Gasteiger partial charge on any atom is 0.234 e. The smallest absolute Gasteiger partial charge is 0.234 e. The normalized spacial score (nSPS) is 24.4. The van der Waals surface area contributed by atoms with Crippen molar-refractivity contribution < 1.29 is 4.52 Å². The van der Waals surface area contributed by atoms with Gasteiger partial charge in [0.25, 0.3) is 0 Å². The van der Waals surface area contributed by atoms with Crippen LogP contribution in [0.1, 0.15) is 62.3 Å². The fourth-order valence-corrected chi connectivity index (χ4v) is 5.31. The van der Waals surface area contributed by atoms with Crippen molar-refractivity contribution in [1.82, 2.24) is 24.6 Å². The predicted molar refractivity (Wildman–Crippen MR) is 110 cm³/mol. The van der Waals surface area contributed by atoms with Crippen LogP contribution in [0.15, 0.2) is 47.2 Å². The molecule has 152 valence electrons. The van der Waals surface area contributed by atoms with E-state index in [2.05, 4.69) is 63.9 Å². The number of aromatic nitrogens is 4. The summed E-state index contributed by atoms with van der Waals surface area (Å²) in [5.41, 5.74) is 1.23. The molecule has 6 heteroatoms. The molecule has 2 atom stereocenters. The fraction of sp³-hybridized carbons (Fsp3) is 0.522. The van der Waals surface area contributed by atoms with Crippen LogP contribution in [0.4, 0.5) is 0 Å². The lowest BCUT2D eigenvalue weighted by Gasteiger charge is -2.24. The molecule has 1 saturated carbocycles. The highest BCUT2D eigenvalue weighted by atomic mass is 16.5.